The van der Waals surface area contributed by atoms with Crippen molar-refractivity contribution in [3.05, 3.63) is 21.3 Å². The first-order chi connectivity index (χ1) is 6.09. The van der Waals surface area contributed by atoms with Crippen molar-refractivity contribution in [1.82, 2.24) is 0 Å². The molecule has 4 heteroatoms. The molecule has 0 amide bonds. The van der Waals surface area contributed by atoms with Crippen LogP contribution >= 0.6 is 22.9 Å². The number of aliphatic hydroxyl groups is 1. The Morgan fingerprint density at radius 3 is 2.69 bits per heavy atom. The molecule has 0 aliphatic carbocycles. The highest BCUT2D eigenvalue weighted by molar-refractivity contribution is 7.16. The molecule has 2 nitrogen and oxygen atoms in total. The Labute approximate surface area is 87.3 Å². The highest BCUT2D eigenvalue weighted by atomic mass is 35.5. The first-order valence-electron chi connectivity index (χ1n) is 4.15. The molecule has 1 aromatic heterocycles. The molecule has 0 bridgehead atoms. The van der Waals surface area contributed by atoms with Gasteiger partial charge in [-0.3, -0.25) is 0 Å². The number of hydrogen-bond acceptors (Lipinski definition) is 3. The van der Waals surface area contributed by atoms with Crippen molar-refractivity contribution >= 4 is 22.9 Å². The summed E-state index contributed by atoms with van der Waals surface area (Å²) in [5.41, 5.74) is 5.37. The van der Waals surface area contributed by atoms with Crippen LogP contribution in [0.25, 0.3) is 0 Å². The van der Waals surface area contributed by atoms with Crippen LogP contribution in [0.5, 0.6) is 0 Å². The average Bonchev–Trinajstić information content (AvgIpc) is 2.51. The van der Waals surface area contributed by atoms with E-state index in [9.17, 15) is 0 Å². The van der Waals surface area contributed by atoms with Gasteiger partial charge in [0.2, 0.25) is 0 Å². The summed E-state index contributed by atoms with van der Waals surface area (Å²) in [5.74, 6) is 0. The van der Waals surface area contributed by atoms with Gasteiger partial charge in [-0.2, -0.15) is 0 Å². The van der Waals surface area contributed by atoms with Gasteiger partial charge in [0.15, 0.2) is 0 Å². The van der Waals surface area contributed by atoms with E-state index in [-0.39, 0.29) is 12.0 Å². The van der Waals surface area contributed by atoms with Crippen LogP contribution in [0.4, 0.5) is 0 Å². The number of rotatable bonds is 4. The van der Waals surface area contributed by atoms with Gasteiger partial charge in [-0.25, -0.2) is 0 Å². The Hall–Kier alpha value is -0.0900. The molecule has 0 saturated carbocycles. The van der Waals surface area contributed by atoms with Gasteiger partial charge in [0, 0.05) is 23.4 Å². The smallest absolute Gasteiger partial charge is 0.0931 e. The largest absolute Gasteiger partial charge is 0.396 e. The molecule has 0 saturated heterocycles. The molecule has 1 heterocycles. The van der Waals surface area contributed by atoms with Crippen molar-refractivity contribution in [2.24, 2.45) is 11.1 Å². The van der Waals surface area contributed by atoms with Crippen molar-refractivity contribution in [2.45, 2.75) is 13.3 Å². The molecule has 3 N–H and O–H groups in total. The molecule has 0 aromatic carbocycles. The van der Waals surface area contributed by atoms with Gasteiger partial charge in [-0.1, -0.05) is 18.5 Å². The zero-order valence-corrected chi connectivity index (χ0v) is 9.16. The van der Waals surface area contributed by atoms with E-state index >= 15 is 0 Å². The summed E-state index contributed by atoms with van der Waals surface area (Å²) in [6.45, 7) is 2.57. The maximum absolute atomic E-state index is 9.15. The third kappa shape index (κ3) is 2.95. The Morgan fingerprint density at radius 1 is 1.62 bits per heavy atom. The van der Waals surface area contributed by atoms with Crippen LogP contribution in [-0.4, -0.2) is 18.3 Å². The van der Waals surface area contributed by atoms with Crippen molar-refractivity contribution in [2.75, 3.05) is 13.2 Å². The Balaban J connectivity index is 2.67. The fraction of sp³-hybridized carbons (Fsp3) is 0.556. The molecule has 1 aromatic rings. The molecular weight excluding hydrogens is 206 g/mol. The predicted molar refractivity (Wildman–Crippen MR) is 57.3 cm³/mol. The maximum Gasteiger partial charge on any atom is 0.0931 e. The summed E-state index contributed by atoms with van der Waals surface area (Å²) in [7, 11) is 0. The monoisotopic (exact) mass is 219 g/mol. The summed E-state index contributed by atoms with van der Waals surface area (Å²) in [6, 6.07) is 3.85. The lowest BCUT2D eigenvalue weighted by Gasteiger charge is -2.24. The van der Waals surface area contributed by atoms with E-state index in [2.05, 4.69) is 0 Å². The van der Waals surface area contributed by atoms with Gasteiger partial charge in [0.25, 0.3) is 0 Å². The molecule has 0 fully saturated rings. The highest BCUT2D eigenvalue weighted by Crippen LogP contribution is 2.28. The molecule has 13 heavy (non-hydrogen) atoms. The summed E-state index contributed by atoms with van der Waals surface area (Å²) in [5, 5.41) is 9.15. The van der Waals surface area contributed by atoms with E-state index < -0.39 is 0 Å². The number of halogens is 1. The standard InChI is InChI=1S/C9H14ClNOS/c1-9(5-11,6-12)4-7-2-3-8(10)13-7/h2-3,12H,4-6,11H2,1H3. The number of hydrogen-bond donors (Lipinski definition) is 2. The molecule has 74 valence electrons. The third-order valence-corrected chi connectivity index (χ3v) is 3.34. The molecular formula is C9H14ClNOS. The molecule has 0 aliphatic heterocycles. The third-order valence-electron chi connectivity index (χ3n) is 2.10. The lowest BCUT2D eigenvalue weighted by Crippen LogP contribution is -2.32. The maximum atomic E-state index is 9.15. The van der Waals surface area contributed by atoms with Crippen molar-refractivity contribution in [3.63, 3.8) is 0 Å². The van der Waals surface area contributed by atoms with Crippen LogP contribution in [0.1, 0.15) is 11.8 Å². The van der Waals surface area contributed by atoms with E-state index in [1.807, 2.05) is 19.1 Å². The molecule has 1 unspecified atom stereocenters. The first kappa shape index (κ1) is 11.0. The predicted octanol–water partition coefficient (Wildman–Crippen LogP) is 1.90. The lowest BCUT2D eigenvalue weighted by atomic mass is 9.87. The van der Waals surface area contributed by atoms with Crippen LogP contribution in [0.3, 0.4) is 0 Å². The van der Waals surface area contributed by atoms with Crippen LogP contribution in [0.2, 0.25) is 4.34 Å². The van der Waals surface area contributed by atoms with Gasteiger partial charge >= 0.3 is 0 Å². The Bertz CT molecular complexity index is 270. The minimum Gasteiger partial charge on any atom is -0.396 e. The molecule has 1 atom stereocenters. The minimum atomic E-state index is -0.214. The zero-order chi connectivity index (χ0) is 9.90. The Morgan fingerprint density at radius 2 is 2.31 bits per heavy atom. The van der Waals surface area contributed by atoms with Gasteiger partial charge in [0.05, 0.1) is 4.34 Å². The second kappa shape index (κ2) is 4.42. The number of thiophene rings is 1. The lowest BCUT2D eigenvalue weighted by molar-refractivity contribution is 0.150. The Kier molecular flexibility index (Phi) is 3.74. The molecule has 0 spiro atoms. The summed E-state index contributed by atoms with van der Waals surface area (Å²) >= 11 is 7.34. The van der Waals surface area contributed by atoms with E-state index in [4.69, 9.17) is 22.4 Å². The van der Waals surface area contributed by atoms with E-state index in [0.29, 0.717) is 6.54 Å². The first-order valence-corrected chi connectivity index (χ1v) is 5.34. The summed E-state index contributed by atoms with van der Waals surface area (Å²) < 4.78 is 0.785. The van der Waals surface area contributed by atoms with Crippen LogP contribution in [0.15, 0.2) is 12.1 Å². The number of nitrogens with two attached hydrogens (primary N) is 1. The van der Waals surface area contributed by atoms with Crippen molar-refractivity contribution in [3.8, 4) is 0 Å². The van der Waals surface area contributed by atoms with Crippen LogP contribution < -0.4 is 5.73 Å². The molecule has 0 aliphatic rings. The van der Waals surface area contributed by atoms with Gasteiger partial charge < -0.3 is 10.8 Å². The molecule has 0 radical (unpaired) electrons. The van der Waals surface area contributed by atoms with Gasteiger partial charge in [-0.15, -0.1) is 11.3 Å². The highest BCUT2D eigenvalue weighted by Gasteiger charge is 2.22. The van der Waals surface area contributed by atoms with E-state index in [0.717, 1.165) is 10.8 Å². The SMILES string of the molecule is CC(CN)(CO)Cc1ccc(Cl)s1. The van der Waals surface area contributed by atoms with E-state index in [1.54, 1.807) is 11.3 Å². The fourth-order valence-electron chi connectivity index (χ4n) is 1.06. The topological polar surface area (TPSA) is 46.2 Å². The van der Waals surface area contributed by atoms with Crippen LogP contribution in [-0.2, 0) is 6.42 Å². The minimum absolute atomic E-state index is 0.110. The van der Waals surface area contributed by atoms with Crippen molar-refractivity contribution < 1.29 is 5.11 Å². The second-order valence-corrected chi connectivity index (χ2v) is 5.36. The average molecular weight is 220 g/mol. The number of aliphatic hydroxyl groups excluding tert-OH is 1. The zero-order valence-electron chi connectivity index (χ0n) is 7.59. The van der Waals surface area contributed by atoms with Gasteiger partial charge in [-0.05, 0) is 18.6 Å². The second-order valence-electron chi connectivity index (χ2n) is 3.56. The normalized spacial score (nSPS) is 15.7. The van der Waals surface area contributed by atoms with Crippen LogP contribution in [0, 0.1) is 5.41 Å². The van der Waals surface area contributed by atoms with Gasteiger partial charge in [0.1, 0.15) is 0 Å². The quantitative estimate of drug-likeness (QED) is 0.813. The van der Waals surface area contributed by atoms with Crippen molar-refractivity contribution in [1.29, 1.82) is 0 Å². The summed E-state index contributed by atoms with van der Waals surface area (Å²) in [6.07, 6.45) is 0.789. The van der Waals surface area contributed by atoms with E-state index in [1.165, 1.54) is 4.88 Å². The summed E-state index contributed by atoms with van der Waals surface area (Å²) in [4.78, 5) is 1.17. The fourth-order valence-corrected chi connectivity index (χ4v) is 2.36. The molecule has 1 rings (SSSR count).